The number of likely N-dealkylation sites (tertiary alicyclic amines) is 1. The number of hydrogen-bond donors (Lipinski definition) is 1. The average molecular weight is 409 g/mol. The molecule has 2 heterocycles. The van der Waals surface area contributed by atoms with Crippen molar-refractivity contribution in [3.05, 3.63) is 52.8 Å². The molecule has 0 aromatic heterocycles. The molecule has 2 aliphatic heterocycles. The molecule has 1 saturated heterocycles. The van der Waals surface area contributed by atoms with E-state index in [0.717, 1.165) is 24.9 Å². The maximum absolute atomic E-state index is 12.9. The van der Waals surface area contributed by atoms with Crippen LogP contribution >= 0.6 is 0 Å². The van der Waals surface area contributed by atoms with Crippen molar-refractivity contribution in [1.82, 2.24) is 0 Å². The van der Waals surface area contributed by atoms with Crippen LogP contribution in [0, 0.1) is 0 Å². The number of ketones is 1. The van der Waals surface area contributed by atoms with E-state index in [1.54, 1.807) is 38.5 Å². The Labute approximate surface area is 176 Å². The third-order valence-corrected chi connectivity index (χ3v) is 6.09. The van der Waals surface area contributed by atoms with Crippen LogP contribution in [0.3, 0.4) is 0 Å². The van der Waals surface area contributed by atoms with Gasteiger partial charge in [0.05, 0.1) is 32.4 Å². The number of fused-ring (bicyclic) bond motifs is 1. The predicted octanol–water partition coefficient (Wildman–Crippen LogP) is 2.35. The summed E-state index contributed by atoms with van der Waals surface area (Å²) in [5.74, 6) is 1.54. The van der Waals surface area contributed by atoms with Gasteiger partial charge in [-0.15, -0.1) is 0 Å². The van der Waals surface area contributed by atoms with Crippen LogP contribution in [0.25, 0.3) is 6.08 Å². The first-order valence-corrected chi connectivity index (χ1v) is 10.4. The van der Waals surface area contributed by atoms with Crippen molar-refractivity contribution in [2.75, 3.05) is 20.8 Å². The van der Waals surface area contributed by atoms with Crippen molar-refractivity contribution in [1.29, 1.82) is 0 Å². The van der Waals surface area contributed by atoms with E-state index in [-0.39, 0.29) is 17.3 Å². The molecule has 2 atom stereocenters. The topological polar surface area (TPSA) is 72.3 Å². The number of quaternary nitrogens is 1. The lowest BCUT2D eigenvalue weighted by atomic mass is 10.0. The summed E-state index contributed by atoms with van der Waals surface area (Å²) in [6.07, 6.45) is 5.22. The summed E-state index contributed by atoms with van der Waals surface area (Å²) in [6.45, 7) is 3.84. The number of piperidine rings is 1. The van der Waals surface area contributed by atoms with Gasteiger partial charge in [-0.05, 0) is 56.0 Å². The minimum Gasteiger partial charge on any atom is -0.872 e. The summed E-state index contributed by atoms with van der Waals surface area (Å²) in [5.41, 5.74) is 1.81. The third kappa shape index (κ3) is 3.75. The van der Waals surface area contributed by atoms with Gasteiger partial charge in [0, 0.05) is 5.56 Å². The van der Waals surface area contributed by atoms with E-state index in [4.69, 9.17) is 14.2 Å². The largest absolute Gasteiger partial charge is 0.872 e. The summed E-state index contributed by atoms with van der Waals surface area (Å²) in [7, 11) is 3.14. The first-order chi connectivity index (χ1) is 14.5. The van der Waals surface area contributed by atoms with Gasteiger partial charge in [0.1, 0.15) is 12.3 Å². The molecular weight excluding hydrogens is 382 g/mol. The monoisotopic (exact) mass is 409 g/mol. The molecule has 2 aromatic rings. The Balaban J connectivity index is 1.65. The Morgan fingerprint density at radius 3 is 2.70 bits per heavy atom. The molecule has 0 spiro atoms. The standard InChI is InChI=1S/C24H27NO5/c1-15-6-4-5-11-25(15)14-18-19(26)9-8-17-23(27)22(30-24(17)18)13-16-7-10-20(28-2)21(12-16)29-3/h7-10,12-13,15,26H,4-6,11,14H2,1-3H3. The fourth-order valence-corrected chi connectivity index (χ4v) is 4.29. The fourth-order valence-electron chi connectivity index (χ4n) is 4.29. The van der Waals surface area contributed by atoms with Crippen molar-refractivity contribution in [3.8, 4) is 23.0 Å². The highest BCUT2D eigenvalue weighted by Gasteiger charge is 2.32. The molecule has 1 fully saturated rings. The number of allylic oxidation sites excluding steroid dienone is 1. The van der Waals surface area contributed by atoms with Crippen molar-refractivity contribution < 1.29 is 29.0 Å². The van der Waals surface area contributed by atoms with E-state index in [9.17, 15) is 9.90 Å². The second kappa shape index (κ2) is 8.40. The molecule has 0 saturated carbocycles. The molecule has 158 valence electrons. The number of ether oxygens (including phenoxy) is 3. The average Bonchev–Trinajstić information content (AvgIpc) is 3.07. The van der Waals surface area contributed by atoms with Crippen LogP contribution in [-0.4, -0.2) is 32.6 Å². The van der Waals surface area contributed by atoms with Gasteiger partial charge < -0.3 is 24.2 Å². The van der Waals surface area contributed by atoms with Gasteiger partial charge in [0.25, 0.3) is 0 Å². The second-order valence-corrected chi connectivity index (χ2v) is 7.95. The third-order valence-electron chi connectivity index (χ3n) is 6.09. The van der Waals surface area contributed by atoms with E-state index < -0.39 is 0 Å². The van der Waals surface area contributed by atoms with Gasteiger partial charge in [0.2, 0.25) is 5.78 Å². The van der Waals surface area contributed by atoms with Crippen LogP contribution < -0.4 is 24.2 Å². The van der Waals surface area contributed by atoms with Gasteiger partial charge in [-0.25, -0.2) is 0 Å². The minimum atomic E-state index is -0.206. The van der Waals surface area contributed by atoms with Crippen LogP contribution in [0.5, 0.6) is 23.0 Å². The number of benzene rings is 2. The number of carbonyl (C=O) groups excluding carboxylic acids is 1. The summed E-state index contributed by atoms with van der Waals surface area (Å²) >= 11 is 0. The number of Topliss-reactive ketones (excluding diaryl/α,β-unsaturated/α-hetero) is 1. The molecule has 6 nitrogen and oxygen atoms in total. The maximum Gasteiger partial charge on any atom is 0.231 e. The molecule has 1 N–H and O–H groups in total. The van der Waals surface area contributed by atoms with E-state index in [1.165, 1.54) is 17.4 Å². The van der Waals surface area contributed by atoms with Crippen LogP contribution in [-0.2, 0) is 6.54 Å². The second-order valence-electron chi connectivity index (χ2n) is 7.95. The molecule has 0 radical (unpaired) electrons. The highest BCUT2D eigenvalue weighted by atomic mass is 16.5. The normalized spacial score (nSPS) is 22.0. The van der Waals surface area contributed by atoms with Crippen LogP contribution in [0.15, 0.2) is 36.1 Å². The smallest absolute Gasteiger partial charge is 0.231 e. The summed E-state index contributed by atoms with van der Waals surface area (Å²) in [5, 5.41) is 12.6. The highest BCUT2D eigenvalue weighted by molar-refractivity contribution is 6.15. The molecule has 6 heteroatoms. The van der Waals surface area contributed by atoms with Crippen molar-refractivity contribution in [2.24, 2.45) is 0 Å². The highest BCUT2D eigenvalue weighted by Crippen LogP contribution is 2.39. The Kier molecular flexibility index (Phi) is 5.68. The van der Waals surface area contributed by atoms with E-state index in [0.29, 0.717) is 41.0 Å². The molecule has 2 aliphatic rings. The number of rotatable bonds is 5. The zero-order chi connectivity index (χ0) is 21.3. The first-order valence-electron chi connectivity index (χ1n) is 10.4. The minimum absolute atomic E-state index is 0.0702. The van der Waals surface area contributed by atoms with E-state index in [1.807, 2.05) is 6.07 Å². The van der Waals surface area contributed by atoms with Gasteiger partial charge >= 0.3 is 0 Å². The number of nitrogens with one attached hydrogen (secondary N) is 1. The van der Waals surface area contributed by atoms with Crippen molar-refractivity contribution >= 4 is 11.9 Å². The Hall–Kier alpha value is -2.99. The molecular formula is C24H27NO5. The van der Waals surface area contributed by atoms with Crippen molar-refractivity contribution in [2.45, 2.75) is 38.8 Å². The molecule has 4 rings (SSSR count). The zero-order valence-electron chi connectivity index (χ0n) is 17.6. The van der Waals surface area contributed by atoms with Gasteiger partial charge in [0.15, 0.2) is 17.3 Å². The van der Waals surface area contributed by atoms with Gasteiger partial charge in [-0.3, -0.25) is 4.79 Å². The lowest BCUT2D eigenvalue weighted by Crippen LogP contribution is -3.14. The fraction of sp³-hybridized carbons (Fsp3) is 0.375. The zero-order valence-corrected chi connectivity index (χ0v) is 17.6. The molecule has 0 aliphatic carbocycles. The maximum atomic E-state index is 12.9. The van der Waals surface area contributed by atoms with Gasteiger partial charge in [-0.2, -0.15) is 0 Å². The molecule has 0 amide bonds. The van der Waals surface area contributed by atoms with Crippen LogP contribution in [0.1, 0.15) is 47.7 Å². The van der Waals surface area contributed by atoms with E-state index in [2.05, 4.69) is 6.92 Å². The lowest BCUT2D eigenvalue weighted by molar-refractivity contribution is -0.942. The lowest BCUT2D eigenvalue weighted by Gasteiger charge is -2.31. The first kappa shape index (κ1) is 20.3. The summed E-state index contributed by atoms with van der Waals surface area (Å²) in [6, 6.07) is 8.95. The summed E-state index contributed by atoms with van der Waals surface area (Å²) < 4.78 is 16.6. The number of methoxy groups -OCH3 is 2. The number of hydrogen-bond acceptors (Lipinski definition) is 5. The van der Waals surface area contributed by atoms with E-state index >= 15 is 0 Å². The molecule has 2 unspecified atom stereocenters. The molecule has 0 bridgehead atoms. The molecule has 2 aromatic carbocycles. The summed E-state index contributed by atoms with van der Waals surface area (Å²) in [4.78, 5) is 14.3. The Morgan fingerprint density at radius 1 is 1.17 bits per heavy atom. The predicted molar refractivity (Wildman–Crippen MR) is 111 cm³/mol. The quantitative estimate of drug-likeness (QED) is 0.768. The van der Waals surface area contributed by atoms with Crippen LogP contribution in [0.4, 0.5) is 0 Å². The van der Waals surface area contributed by atoms with Crippen LogP contribution in [0.2, 0.25) is 0 Å². The van der Waals surface area contributed by atoms with Gasteiger partial charge in [-0.1, -0.05) is 17.9 Å². The van der Waals surface area contributed by atoms with Crippen molar-refractivity contribution in [3.63, 3.8) is 0 Å². The SMILES string of the molecule is COc1ccc(C=C2Oc3c(ccc([O-])c3C[NH+]3CCCCC3C)C2=O)cc1OC. The Bertz CT molecular complexity index is 997. The molecule has 30 heavy (non-hydrogen) atoms. The Morgan fingerprint density at radius 2 is 1.97 bits per heavy atom. The number of carbonyl (C=O) groups is 1.